The Labute approximate surface area is 240 Å². The van der Waals surface area contributed by atoms with E-state index in [4.69, 9.17) is 23.7 Å². The van der Waals surface area contributed by atoms with E-state index in [-0.39, 0.29) is 13.0 Å². The molecule has 12 nitrogen and oxygen atoms in total. The van der Waals surface area contributed by atoms with Crippen LogP contribution in [0.2, 0.25) is 0 Å². The normalized spacial score (nSPS) is 27.1. The molecule has 0 unspecified atom stereocenters. The number of carbonyl (C=O) groups excluding carboxylic acids is 4. The molecular formula is C29H42N2O10. The minimum Gasteiger partial charge on any atom is -0.458 e. The summed E-state index contributed by atoms with van der Waals surface area (Å²) in [4.78, 5) is 50.6. The van der Waals surface area contributed by atoms with Gasteiger partial charge in [-0.2, -0.15) is 0 Å². The van der Waals surface area contributed by atoms with Crippen molar-refractivity contribution in [2.75, 3.05) is 6.61 Å². The smallest absolute Gasteiger partial charge is 0.408 e. The van der Waals surface area contributed by atoms with Crippen LogP contribution in [0.5, 0.6) is 0 Å². The number of fused-ring (bicyclic) bond motifs is 1. The van der Waals surface area contributed by atoms with Crippen molar-refractivity contribution in [1.29, 1.82) is 0 Å². The number of ketones is 1. The lowest BCUT2D eigenvalue weighted by atomic mass is 9.88. The van der Waals surface area contributed by atoms with Gasteiger partial charge < -0.3 is 39.4 Å². The first-order valence-electron chi connectivity index (χ1n) is 13.7. The van der Waals surface area contributed by atoms with Crippen molar-refractivity contribution in [3.8, 4) is 0 Å². The molecule has 41 heavy (non-hydrogen) atoms. The van der Waals surface area contributed by atoms with Gasteiger partial charge in [0.1, 0.15) is 41.3 Å². The molecule has 1 aromatic carbocycles. The van der Waals surface area contributed by atoms with Crippen LogP contribution < -0.4 is 10.6 Å². The molecule has 0 saturated carbocycles. The van der Waals surface area contributed by atoms with Crippen molar-refractivity contribution in [3.05, 3.63) is 35.9 Å². The SMILES string of the molecule is CC(=O)N[C@@H]1[C@@H](O)[C@@H]2O[C@H](c3ccccc3)OC[C@H]2O[C@H]1CC(=O)C[C@H](NC(=O)OC(C)(C)C)C(=O)OC(C)(C)C. The molecule has 7 atom stereocenters. The molecule has 3 N–H and O–H groups in total. The lowest BCUT2D eigenvalue weighted by molar-refractivity contribution is -0.314. The van der Waals surface area contributed by atoms with Gasteiger partial charge >= 0.3 is 12.1 Å². The first kappa shape index (κ1) is 32.5. The molecule has 2 aliphatic heterocycles. The Morgan fingerprint density at radius 3 is 2.22 bits per heavy atom. The van der Waals surface area contributed by atoms with E-state index in [1.807, 2.05) is 30.3 Å². The molecule has 0 spiro atoms. The van der Waals surface area contributed by atoms with Gasteiger partial charge in [0, 0.05) is 25.3 Å². The van der Waals surface area contributed by atoms with Crippen molar-refractivity contribution in [2.45, 2.75) is 115 Å². The molecule has 12 heteroatoms. The van der Waals surface area contributed by atoms with Crippen LogP contribution in [0.4, 0.5) is 4.79 Å². The Hall–Kier alpha value is -3.06. The van der Waals surface area contributed by atoms with Crippen LogP contribution in [-0.2, 0) is 38.1 Å². The van der Waals surface area contributed by atoms with Gasteiger partial charge in [-0.3, -0.25) is 9.59 Å². The molecule has 3 rings (SSSR count). The Balaban J connectivity index is 1.73. The van der Waals surface area contributed by atoms with Crippen LogP contribution in [0.15, 0.2) is 30.3 Å². The number of benzene rings is 1. The summed E-state index contributed by atoms with van der Waals surface area (Å²) in [6, 6.07) is 6.90. The number of hydrogen-bond donors (Lipinski definition) is 3. The van der Waals surface area contributed by atoms with Crippen LogP contribution >= 0.6 is 0 Å². The van der Waals surface area contributed by atoms with Crippen molar-refractivity contribution < 1.29 is 48.0 Å². The first-order chi connectivity index (χ1) is 19.0. The highest BCUT2D eigenvalue weighted by Crippen LogP contribution is 2.35. The molecule has 2 heterocycles. The molecule has 0 aromatic heterocycles. The highest BCUT2D eigenvalue weighted by Gasteiger charge is 2.50. The minimum atomic E-state index is -1.33. The second kappa shape index (κ2) is 13.3. The van der Waals surface area contributed by atoms with Gasteiger partial charge in [0.2, 0.25) is 5.91 Å². The number of esters is 1. The summed E-state index contributed by atoms with van der Waals surface area (Å²) >= 11 is 0. The molecule has 2 saturated heterocycles. The Kier molecular flexibility index (Phi) is 10.5. The molecule has 2 fully saturated rings. The highest BCUT2D eigenvalue weighted by molar-refractivity contribution is 5.89. The van der Waals surface area contributed by atoms with Gasteiger partial charge in [0.25, 0.3) is 0 Å². The standard InChI is InChI=1S/C29H42N2O10/c1-16(32)30-22-20(38-21-15-37-26(39-24(21)23(22)34)17-11-9-8-10-12-17)14-18(33)13-19(25(35)40-28(2,3)4)31-27(36)41-29(5,6)7/h8-12,19-24,26,34H,13-15H2,1-7H3,(H,30,32)(H,31,36)/t19-,20-,21+,22-,23+,24+,26+/m0/s1. The summed E-state index contributed by atoms with van der Waals surface area (Å²) in [5.74, 6) is -1.71. The molecule has 0 aliphatic carbocycles. The van der Waals surface area contributed by atoms with Gasteiger partial charge in [-0.05, 0) is 41.5 Å². The Morgan fingerprint density at radius 1 is 1.00 bits per heavy atom. The van der Waals surface area contributed by atoms with Crippen LogP contribution in [0, 0.1) is 0 Å². The number of Topliss-reactive ketones (excluding diaryl/α,β-unsaturated/α-hetero) is 1. The molecular weight excluding hydrogens is 536 g/mol. The van der Waals surface area contributed by atoms with Crippen molar-refractivity contribution >= 4 is 23.8 Å². The second-order valence-electron chi connectivity index (χ2n) is 12.3. The van der Waals surface area contributed by atoms with E-state index in [2.05, 4.69) is 10.6 Å². The fourth-order valence-electron chi connectivity index (χ4n) is 4.62. The predicted octanol–water partition coefficient (Wildman–Crippen LogP) is 2.32. The van der Waals surface area contributed by atoms with Crippen molar-refractivity contribution in [2.24, 2.45) is 0 Å². The fourth-order valence-corrected chi connectivity index (χ4v) is 4.62. The maximum Gasteiger partial charge on any atom is 0.408 e. The average molecular weight is 579 g/mol. The number of amides is 2. The zero-order chi connectivity index (χ0) is 30.5. The number of carbonyl (C=O) groups is 4. The Bertz CT molecular complexity index is 1080. The average Bonchev–Trinajstić information content (AvgIpc) is 2.84. The summed E-state index contributed by atoms with van der Waals surface area (Å²) in [7, 11) is 0. The fraction of sp³-hybridized carbons (Fsp3) is 0.655. The number of nitrogens with one attached hydrogen (secondary N) is 2. The number of hydrogen-bond acceptors (Lipinski definition) is 10. The molecule has 1 aromatic rings. The minimum absolute atomic E-state index is 0.0828. The van der Waals surface area contributed by atoms with Crippen molar-refractivity contribution in [3.63, 3.8) is 0 Å². The van der Waals surface area contributed by atoms with Gasteiger partial charge in [-0.25, -0.2) is 9.59 Å². The van der Waals surface area contributed by atoms with E-state index in [0.29, 0.717) is 0 Å². The van der Waals surface area contributed by atoms with E-state index in [1.165, 1.54) is 6.92 Å². The molecule has 0 radical (unpaired) electrons. The monoisotopic (exact) mass is 578 g/mol. The number of aliphatic hydroxyl groups is 1. The van der Waals surface area contributed by atoms with E-state index in [1.54, 1.807) is 41.5 Å². The zero-order valence-electron chi connectivity index (χ0n) is 24.7. The Morgan fingerprint density at radius 2 is 1.63 bits per heavy atom. The summed E-state index contributed by atoms with van der Waals surface area (Å²) in [6.07, 6.45) is -6.03. The molecule has 0 bridgehead atoms. The van der Waals surface area contributed by atoms with E-state index < -0.39 is 84.2 Å². The molecule has 2 amide bonds. The lowest BCUT2D eigenvalue weighted by Crippen LogP contribution is -2.66. The summed E-state index contributed by atoms with van der Waals surface area (Å²) in [5.41, 5.74) is -0.934. The van der Waals surface area contributed by atoms with E-state index >= 15 is 0 Å². The summed E-state index contributed by atoms with van der Waals surface area (Å²) in [6.45, 7) is 11.4. The van der Waals surface area contributed by atoms with Crippen LogP contribution in [0.25, 0.3) is 0 Å². The summed E-state index contributed by atoms with van der Waals surface area (Å²) in [5, 5.41) is 16.3. The number of aliphatic hydroxyl groups excluding tert-OH is 1. The lowest BCUT2D eigenvalue weighted by Gasteiger charge is -2.48. The van der Waals surface area contributed by atoms with Gasteiger partial charge in [0.15, 0.2) is 6.29 Å². The number of alkyl carbamates (subject to hydrolysis) is 1. The van der Waals surface area contributed by atoms with Gasteiger partial charge in [-0.1, -0.05) is 30.3 Å². The zero-order valence-corrected chi connectivity index (χ0v) is 24.7. The van der Waals surface area contributed by atoms with Gasteiger partial charge in [0.05, 0.1) is 18.8 Å². The molecule has 228 valence electrons. The second-order valence-corrected chi connectivity index (χ2v) is 12.3. The van der Waals surface area contributed by atoms with Gasteiger partial charge in [-0.15, -0.1) is 0 Å². The molecule has 2 aliphatic rings. The van der Waals surface area contributed by atoms with Crippen LogP contribution in [0.3, 0.4) is 0 Å². The third-order valence-corrected chi connectivity index (χ3v) is 6.20. The highest BCUT2D eigenvalue weighted by atomic mass is 16.7. The number of ether oxygens (including phenoxy) is 5. The van der Waals surface area contributed by atoms with Crippen LogP contribution in [0.1, 0.15) is 73.2 Å². The number of rotatable bonds is 8. The quantitative estimate of drug-likeness (QED) is 0.391. The van der Waals surface area contributed by atoms with E-state index in [9.17, 15) is 24.3 Å². The first-order valence-corrected chi connectivity index (χ1v) is 13.7. The van der Waals surface area contributed by atoms with Crippen molar-refractivity contribution in [1.82, 2.24) is 10.6 Å². The third-order valence-electron chi connectivity index (χ3n) is 6.20. The van der Waals surface area contributed by atoms with E-state index in [0.717, 1.165) is 5.56 Å². The third kappa shape index (κ3) is 9.77. The topological polar surface area (TPSA) is 159 Å². The largest absolute Gasteiger partial charge is 0.458 e. The maximum absolute atomic E-state index is 13.3. The predicted molar refractivity (Wildman–Crippen MR) is 146 cm³/mol. The summed E-state index contributed by atoms with van der Waals surface area (Å²) < 4.78 is 28.6. The van der Waals surface area contributed by atoms with Crippen LogP contribution in [-0.4, -0.2) is 83.2 Å². The maximum atomic E-state index is 13.3.